The SMILES string of the molecule is CC1CCCCN1CCCNC(=O)NCCN1CCc2sccc2C1. The normalized spacial score (nSPS) is 21.7. The third-order valence-electron chi connectivity index (χ3n) is 5.45. The lowest BCUT2D eigenvalue weighted by Crippen LogP contribution is -2.43. The predicted molar refractivity (Wildman–Crippen MR) is 104 cm³/mol. The number of thiophene rings is 1. The Morgan fingerprint density at radius 2 is 2.12 bits per heavy atom. The van der Waals surface area contributed by atoms with Crippen molar-refractivity contribution in [1.29, 1.82) is 0 Å². The van der Waals surface area contributed by atoms with Gasteiger partial charge in [0.15, 0.2) is 0 Å². The number of hydrogen-bond acceptors (Lipinski definition) is 4. The number of piperidine rings is 1. The van der Waals surface area contributed by atoms with E-state index in [9.17, 15) is 4.79 Å². The minimum absolute atomic E-state index is 0.0278. The maximum atomic E-state index is 11.9. The minimum Gasteiger partial charge on any atom is -0.338 e. The molecule has 6 heteroatoms. The van der Waals surface area contributed by atoms with Gasteiger partial charge in [-0.2, -0.15) is 0 Å². The second-order valence-electron chi connectivity index (χ2n) is 7.31. The topological polar surface area (TPSA) is 47.6 Å². The molecule has 1 fully saturated rings. The molecule has 3 heterocycles. The Hall–Kier alpha value is -1.11. The standard InChI is InChI=1S/C19H32N4OS/c1-16-5-2-3-10-23(16)11-4-8-20-19(24)21-9-13-22-12-6-18-17(15-22)7-14-25-18/h7,14,16H,2-6,8-13,15H2,1H3,(H2,20,21,24). The van der Waals surface area contributed by atoms with Crippen LogP contribution in [0.3, 0.4) is 0 Å². The fourth-order valence-electron chi connectivity index (χ4n) is 3.86. The van der Waals surface area contributed by atoms with Crippen molar-refractivity contribution >= 4 is 17.4 Å². The number of amides is 2. The Bertz CT molecular complexity index is 547. The fraction of sp³-hybridized carbons (Fsp3) is 0.737. The van der Waals surface area contributed by atoms with Crippen LogP contribution in [-0.4, -0.2) is 61.1 Å². The van der Waals surface area contributed by atoms with E-state index in [1.165, 1.54) is 36.2 Å². The van der Waals surface area contributed by atoms with Crippen molar-refractivity contribution in [3.8, 4) is 0 Å². The van der Waals surface area contributed by atoms with E-state index in [1.807, 2.05) is 11.3 Å². The number of likely N-dealkylation sites (tertiary alicyclic amines) is 1. The van der Waals surface area contributed by atoms with Crippen molar-refractivity contribution in [3.05, 3.63) is 21.9 Å². The molecule has 1 unspecified atom stereocenters. The van der Waals surface area contributed by atoms with Crippen LogP contribution in [0.4, 0.5) is 4.79 Å². The van der Waals surface area contributed by atoms with Gasteiger partial charge in [-0.05, 0) is 56.2 Å². The molecule has 2 amide bonds. The van der Waals surface area contributed by atoms with Crippen LogP contribution in [0.5, 0.6) is 0 Å². The first-order valence-corrected chi connectivity index (χ1v) is 10.6. The van der Waals surface area contributed by atoms with Gasteiger partial charge in [0, 0.05) is 50.2 Å². The second kappa shape index (κ2) is 9.55. The molecule has 1 saturated heterocycles. The number of nitrogens with one attached hydrogen (secondary N) is 2. The van der Waals surface area contributed by atoms with E-state index >= 15 is 0 Å². The summed E-state index contributed by atoms with van der Waals surface area (Å²) >= 11 is 1.87. The summed E-state index contributed by atoms with van der Waals surface area (Å²) < 4.78 is 0. The van der Waals surface area contributed by atoms with E-state index in [0.717, 1.165) is 45.6 Å². The third-order valence-corrected chi connectivity index (χ3v) is 6.47. The molecule has 1 atom stereocenters. The molecule has 1 aromatic rings. The number of hydrogen-bond donors (Lipinski definition) is 2. The molecule has 25 heavy (non-hydrogen) atoms. The quantitative estimate of drug-likeness (QED) is 0.731. The van der Waals surface area contributed by atoms with Gasteiger partial charge in [-0.25, -0.2) is 4.79 Å². The van der Waals surface area contributed by atoms with Gasteiger partial charge < -0.3 is 15.5 Å². The summed E-state index contributed by atoms with van der Waals surface area (Å²) in [5.74, 6) is 0. The first-order chi connectivity index (χ1) is 12.2. The number of rotatable bonds is 7. The summed E-state index contributed by atoms with van der Waals surface area (Å²) in [6.45, 7) is 9.16. The maximum Gasteiger partial charge on any atom is 0.314 e. The maximum absolute atomic E-state index is 11.9. The molecular formula is C19H32N4OS. The van der Waals surface area contributed by atoms with Crippen LogP contribution in [-0.2, 0) is 13.0 Å². The van der Waals surface area contributed by atoms with Crippen molar-refractivity contribution in [1.82, 2.24) is 20.4 Å². The lowest BCUT2D eigenvalue weighted by molar-refractivity contribution is 0.159. The molecule has 2 aliphatic heterocycles. The Morgan fingerprint density at radius 3 is 3.00 bits per heavy atom. The summed E-state index contributed by atoms with van der Waals surface area (Å²) in [4.78, 5) is 18.4. The zero-order chi connectivity index (χ0) is 17.5. The summed E-state index contributed by atoms with van der Waals surface area (Å²) in [5.41, 5.74) is 1.47. The van der Waals surface area contributed by atoms with Crippen LogP contribution in [0.25, 0.3) is 0 Å². The van der Waals surface area contributed by atoms with E-state index in [2.05, 4.69) is 38.8 Å². The highest BCUT2D eigenvalue weighted by atomic mass is 32.1. The smallest absolute Gasteiger partial charge is 0.314 e. The summed E-state index contributed by atoms with van der Waals surface area (Å²) in [5, 5.41) is 8.17. The lowest BCUT2D eigenvalue weighted by atomic mass is 10.0. The third kappa shape index (κ3) is 5.69. The number of carbonyl (C=O) groups excluding carboxylic acids is 1. The van der Waals surface area contributed by atoms with Gasteiger partial charge in [0.25, 0.3) is 0 Å². The average Bonchev–Trinajstić information content (AvgIpc) is 3.08. The summed E-state index contributed by atoms with van der Waals surface area (Å²) in [6, 6.07) is 2.91. The van der Waals surface area contributed by atoms with Crippen LogP contribution in [0.15, 0.2) is 11.4 Å². The predicted octanol–water partition coefficient (Wildman–Crippen LogP) is 2.67. The zero-order valence-electron chi connectivity index (χ0n) is 15.4. The van der Waals surface area contributed by atoms with Gasteiger partial charge in [-0.3, -0.25) is 4.90 Å². The average molecular weight is 365 g/mol. The van der Waals surface area contributed by atoms with Gasteiger partial charge in [0.1, 0.15) is 0 Å². The van der Waals surface area contributed by atoms with Crippen molar-refractivity contribution in [2.75, 3.05) is 39.3 Å². The molecule has 0 aromatic carbocycles. The highest BCUT2D eigenvalue weighted by molar-refractivity contribution is 7.10. The van der Waals surface area contributed by atoms with Crippen LogP contribution < -0.4 is 10.6 Å². The molecular weight excluding hydrogens is 332 g/mol. The Kier molecular flexibility index (Phi) is 7.13. The molecule has 0 bridgehead atoms. The van der Waals surface area contributed by atoms with E-state index in [0.29, 0.717) is 12.6 Å². The number of fused-ring (bicyclic) bond motifs is 1. The lowest BCUT2D eigenvalue weighted by Gasteiger charge is -2.33. The molecule has 0 saturated carbocycles. The molecule has 140 valence electrons. The molecule has 0 aliphatic carbocycles. The van der Waals surface area contributed by atoms with E-state index in [1.54, 1.807) is 0 Å². The molecule has 3 rings (SSSR count). The molecule has 1 aromatic heterocycles. The Labute approximate surface area is 155 Å². The van der Waals surface area contributed by atoms with Gasteiger partial charge >= 0.3 is 6.03 Å². The second-order valence-corrected chi connectivity index (χ2v) is 8.31. The van der Waals surface area contributed by atoms with E-state index < -0.39 is 0 Å². The first-order valence-electron chi connectivity index (χ1n) is 9.76. The van der Waals surface area contributed by atoms with Crippen LogP contribution in [0, 0.1) is 0 Å². The van der Waals surface area contributed by atoms with Gasteiger partial charge in [-0.15, -0.1) is 11.3 Å². The Morgan fingerprint density at radius 1 is 1.24 bits per heavy atom. The zero-order valence-corrected chi connectivity index (χ0v) is 16.2. The summed E-state index contributed by atoms with van der Waals surface area (Å²) in [7, 11) is 0. The number of carbonyl (C=O) groups is 1. The molecule has 0 radical (unpaired) electrons. The van der Waals surface area contributed by atoms with E-state index in [4.69, 9.17) is 0 Å². The van der Waals surface area contributed by atoms with Crippen molar-refractivity contribution < 1.29 is 4.79 Å². The number of urea groups is 1. The Balaban J connectivity index is 1.23. The van der Waals surface area contributed by atoms with Crippen LogP contribution in [0.2, 0.25) is 0 Å². The largest absolute Gasteiger partial charge is 0.338 e. The minimum atomic E-state index is -0.0278. The molecule has 0 spiro atoms. The van der Waals surface area contributed by atoms with Gasteiger partial charge in [0.05, 0.1) is 0 Å². The molecule has 2 N–H and O–H groups in total. The van der Waals surface area contributed by atoms with Crippen molar-refractivity contribution in [2.24, 2.45) is 0 Å². The van der Waals surface area contributed by atoms with Crippen molar-refractivity contribution in [3.63, 3.8) is 0 Å². The van der Waals surface area contributed by atoms with Crippen LogP contribution in [0.1, 0.15) is 43.0 Å². The number of nitrogens with zero attached hydrogens (tertiary/aromatic N) is 2. The highest BCUT2D eigenvalue weighted by Crippen LogP contribution is 2.23. The summed E-state index contributed by atoms with van der Waals surface area (Å²) in [6.07, 6.45) is 6.18. The molecule has 2 aliphatic rings. The monoisotopic (exact) mass is 364 g/mol. The van der Waals surface area contributed by atoms with Gasteiger partial charge in [-0.1, -0.05) is 6.42 Å². The first kappa shape index (κ1) is 18.7. The fourth-order valence-corrected chi connectivity index (χ4v) is 4.75. The van der Waals surface area contributed by atoms with E-state index in [-0.39, 0.29) is 6.03 Å². The van der Waals surface area contributed by atoms with Crippen LogP contribution >= 0.6 is 11.3 Å². The van der Waals surface area contributed by atoms with Crippen molar-refractivity contribution in [2.45, 2.75) is 51.6 Å². The highest BCUT2D eigenvalue weighted by Gasteiger charge is 2.18. The van der Waals surface area contributed by atoms with Gasteiger partial charge in [0.2, 0.25) is 0 Å². The molecule has 5 nitrogen and oxygen atoms in total.